The van der Waals surface area contributed by atoms with Gasteiger partial charge in [0.05, 0.1) is 29.9 Å². The SMILES string of the molecule is CNCCNC(O)CN1CCN(Cc2c(-c3cc(F)cc(F)c3)nc3ccc(F)cc3c2C(=O)N[C@@H](C)C2CCCCC2)CC1=O. The first-order valence-corrected chi connectivity index (χ1v) is 16.1. The van der Waals surface area contributed by atoms with Crippen LogP contribution in [0, 0.1) is 23.4 Å². The molecule has 46 heavy (non-hydrogen) atoms. The zero-order chi connectivity index (χ0) is 32.8. The summed E-state index contributed by atoms with van der Waals surface area (Å²) in [6.45, 7) is 4.06. The Morgan fingerprint density at radius 3 is 2.46 bits per heavy atom. The van der Waals surface area contributed by atoms with E-state index in [1.807, 2.05) is 11.8 Å². The van der Waals surface area contributed by atoms with Gasteiger partial charge in [0, 0.05) is 61.3 Å². The molecular formula is C34H43F3N6O3. The number of benzene rings is 2. The first-order chi connectivity index (χ1) is 22.1. The number of hydrogen-bond donors (Lipinski definition) is 4. The molecule has 0 spiro atoms. The van der Waals surface area contributed by atoms with Crippen LogP contribution in [-0.4, -0.2) is 90.3 Å². The Hall–Kier alpha value is -3.58. The molecular weight excluding hydrogens is 597 g/mol. The molecule has 1 aromatic heterocycles. The van der Waals surface area contributed by atoms with Gasteiger partial charge in [-0.15, -0.1) is 0 Å². The van der Waals surface area contributed by atoms with Crippen LogP contribution in [0.25, 0.3) is 22.2 Å². The predicted molar refractivity (Wildman–Crippen MR) is 170 cm³/mol. The van der Waals surface area contributed by atoms with Gasteiger partial charge in [0.15, 0.2) is 0 Å². The average Bonchev–Trinajstić information content (AvgIpc) is 3.02. The topological polar surface area (TPSA) is 110 Å². The van der Waals surface area contributed by atoms with Gasteiger partial charge in [0.25, 0.3) is 5.91 Å². The second-order valence-corrected chi connectivity index (χ2v) is 12.4. The highest BCUT2D eigenvalue weighted by Gasteiger charge is 2.31. The lowest BCUT2D eigenvalue weighted by Gasteiger charge is -2.36. The minimum Gasteiger partial charge on any atom is -0.377 e. The average molecular weight is 641 g/mol. The molecule has 1 saturated carbocycles. The fourth-order valence-electron chi connectivity index (χ4n) is 6.59. The van der Waals surface area contributed by atoms with E-state index in [2.05, 4.69) is 16.0 Å². The molecule has 1 unspecified atom stereocenters. The normalized spacial score (nSPS) is 17.8. The Kier molecular flexibility index (Phi) is 11.3. The number of nitrogens with zero attached hydrogens (tertiary/aromatic N) is 3. The number of amides is 2. The van der Waals surface area contributed by atoms with Gasteiger partial charge in [-0.2, -0.15) is 0 Å². The summed E-state index contributed by atoms with van der Waals surface area (Å²) in [7, 11) is 1.81. The van der Waals surface area contributed by atoms with E-state index >= 15 is 0 Å². The summed E-state index contributed by atoms with van der Waals surface area (Å²) in [5, 5.41) is 19.7. The van der Waals surface area contributed by atoms with E-state index in [1.165, 1.54) is 24.6 Å². The summed E-state index contributed by atoms with van der Waals surface area (Å²) in [5.74, 6) is -2.49. The van der Waals surface area contributed by atoms with Crippen LogP contribution in [0.1, 0.15) is 54.9 Å². The van der Waals surface area contributed by atoms with Crippen LogP contribution in [0.4, 0.5) is 13.2 Å². The van der Waals surface area contributed by atoms with Crippen molar-refractivity contribution in [1.82, 2.24) is 30.7 Å². The van der Waals surface area contributed by atoms with E-state index in [4.69, 9.17) is 4.98 Å². The molecule has 2 aliphatic rings. The van der Waals surface area contributed by atoms with Crippen molar-refractivity contribution in [3.05, 3.63) is 65.0 Å². The van der Waals surface area contributed by atoms with Crippen molar-refractivity contribution in [2.45, 2.75) is 57.8 Å². The van der Waals surface area contributed by atoms with E-state index in [0.29, 0.717) is 43.2 Å². The fourth-order valence-corrected chi connectivity index (χ4v) is 6.59. The lowest BCUT2D eigenvalue weighted by Crippen LogP contribution is -2.54. The molecule has 0 radical (unpaired) electrons. The highest BCUT2D eigenvalue weighted by atomic mass is 19.1. The maximum Gasteiger partial charge on any atom is 0.252 e. The molecule has 3 aromatic rings. The summed E-state index contributed by atoms with van der Waals surface area (Å²) >= 11 is 0. The zero-order valence-electron chi connectivity index (χ0n) is 26.4. The number of likely N-dealkylation sites (N-methyl/N-ethyl adjacent to an activating group) is 1. The Morgan fingerprint density at radius 1 is 1.02 bits per heavy atom. The predicted octanol–water partition coefficient (Wildman–Crippen LogP) is 3.79. The number of pyridine rings is 1. The fraction of sp³-hybridized carbons (Fsp3) is 0.500. The number of aliphatic hydroxyl groups excluding tert-OH is 1. The number of rotatable bonds is 12. The standard InChI is InChI=1S/C34H43F3N6O3/c1-21(22-6-4-3-5-7-22)40-34(46)32-27-17-24(35)8-9-29(27)41-33(23-14-25(36)16-26(37)15-23)28(32)18-42-12-13-43(31(45)20-42)19-30(44)39-11-10-38-2/h8-9,14-17,21-22,30,38-39,44H,3-7,10-13,18-20H2,1-2H3,(H,40,46)/t21-,30?/m0/s1. The van der Waals surface area contributed by atoms with E-state index in [9.17, 15) is 27.9 Å². The number of carbonyl (C=O) groups is 2. The van der Waals surface area contributed by atoms with Crippen LogP contribution < -0.4 is 16.0 Å². The van der Waals surface area contributed by atoms with Gasteiger partial charge in [-0.3, -0.25) is 19.8 Å². The van der Waals surface area contributed by atoms with Crippen molar-refractivity contribution < 1.29 is 27.9 Å². The summed E-state index contributed by atoms with van der Waals surface area (Å²) < 4.78 is 43.7. The molecule has 5 rings (SSSR count). The number of fused-ring (bicyclic) bond motifs is 1. The van der Waals surface area contributed by atoms with Crippen molar-refractivity contribution in [3.8, 4) is 11.3 Å². The van der Waals surface area contributed by atoms with Gasteiger partial charge in [0.1, 0.15) is 23.7 Å². The van der Waals surface area contributed by atoms with Crippen molar-refractivity contribution in [3.63, 3.8) is 0 Å². The zero-order valence-corrected chi connectivity index (χ0v) is 26.4. The van der Waals surface area contributed by atoms with Crippen LogP contribution in [0.3, 0.4) is 0 Å². The number of aliphatic hydroxyl groups is 1. The maximum absolute atomic E-state index is 14.7. The monoisotopic (exact) mass is 640 g/mol. The van der Waals surface area contributed by atoms with E-state index in [-0.39, 0.29) is 53.8 Å². The Bertz CT molecular complexity index is 1530. The Labute approximate surface area is 267 Å². The quantitative estimate of drug-likeness (QED) is 0.176. The third-order valence-corrected chi connectivity index (χ3v) is 9.05. The number of carbonyl (C=O) groups excluding carboxylic acids is 2. The molecule has 2 aromatic carbocycles. The molecule has 1 saturated heterocycles. The summed E-state index contributed by atoms with van der Waals surface area (Å²) in [5.41, 5.74) is 1.15. The van der Waals surface area contributed by atoms with Crippen LogP contribution >= 0.6 is 0 Å². The number of piperazine rings is 1. The summed E-state index contributed by atoms with van der Waals surface area (Å²) in [6.07, 6.45) is 4.47. The first-order valence-electron chi connectivity index (χ1n) is 16.1. The molecule has 248 valence electrons. The summed E-state index contributed by atoms with van der Waals surface area (Å²) in [4.78, 5) is 35.5. The van der Waals surface area contributed by atoms with Crippen molar-refractivity contribution >= 4 is 22.7 Å². The van der Waals surface area contributed by atoms with E-state index in [1.54, 1.807) is 11.9 Å². The number of β-amino-alcohol motifs (C(OH)–C–C–N with tert-alkyl or cyclic N) is 1. The van der Waals surface area contributed by atoms with Crippen LogP contribution in [-0.2, 0) is 11.3 Å². The largest absolute Gasteiger partial charge is 0.377 e. The van der Waals surface area contributed by atoms with Gasteiger partial charge < -0.3 is 20.6 Å². The third kappa shape index (κ3) is 8.22. The third-order valence-electron chi connectivity index (χ3n) is 9.05. The molecule has 2 amide bonds. The molecule has 4 N–H and O–H groups in total. The van der Waals surface area contributed by atoms with E-state index in [0.717, 1.165) is 43.9 Å². The van der Waals surface area contributed by atoms with Crippen LogP contribution in [0.5, 0.6) is 0 Å². The molecule has 2 fully saturated rings. The minimum absolute atomic E-state index is 0.0130. The Morgan fingerprint density at radius 2 is 1.76 bits per heavy atom. The van der Waals surface area contributed by atoms with Gasteiger partial charge in [-0.05, 0) is 63.1 Å². The lowest BCUT2D eigenvalue weighted by atomic mass is 9.84. The number of nitrogens with one attached hydrogen (secondary N) is 3. The highest BCUT2D eigenvalue weighted by Crippen LogP contribution is 2.34. The van der Waals surface area contributed by atoms with Gasteiger partial charge in [-0.1, -0.05) is 19.3 Å². The maximum atomic E-state index is 14.7. The number of halogens is 3. The van der Waals surface area contributed by atoms with Crippen molar-refractivity contribution in [1.29, 1.82) is 0 Å². The second kappa shape index (κ2) is 15.3. The smallest absolute Gasteiger partial charge is 0.252 e. The molecule has 12 heteroatoms. The number of aromatic nitrogens is 1. The molecule has 9 nitrogen and oxygen atoms in total. The molecule has 1 aliphatic heterocycles. The first kappa shape index (κ1) is 33.8. The van der Waals surface area contributed by atoms with Gasteiger partial charge >= 0.3 is 0 Å². The number of hydrogen-bond acceptors (Lipinski definition) is 7. The molecule has 0 bridgehead atoms. The minimum atomic E-state index is -0.889. The van der Waals surface area contributed by atoms with Crippen molar-refractivity contribution in [2.75, 3.05) is 46.3 Å². The molecule has 1 aliphatic carbocycles. The molecule has 2 heterocycles. The summed E-state index contributed by atoms with van der Waals surface area (Å²) in [6, 6.07) is 6.87. The van der Waals surface area contributed by atoms with E-state index < -0.39 is 29.6 Å². The second-order valence-electron chi connectivity index (χ2n) is 12.4. The van der Waals surface area contributed by atoms with Gasteiger partial charge in [-0.25, -0.2) is 18.2 Å². The highest BCUT2D eigenvalue weighted by molar-refractivity contribution is 6.09. The van der Waals surface area contributed by atoms with Crippen LogP contribution in [0.2, 0.25) is 0 Å². The molecule has 2 atom stereocenters. The Balaban J connectivity index is 1.51. The van der Waals surface area contributed by atoms with Crippen LogP contribution in [0.15, 0.2) is 36.4 Å². The van der Waals surface area contributed by atoms with Gasteiger partial charge in [0.2, 0.25) is 5.91 Å². The van der Waals surface area contributed by atoms with Crippen molar-refractivity contribution in [2.24, 2.45) is 5.92 Å². The lowest BCUT2D eigenvalue weighted by molar-refractivity contribution is -0.138.